The number of rotatable bonds is 9. The van der Waals surface area contributed by atoms with Crippen LogP contribution < -0.4 is 0 Å². The summed E-state index contributed by atoms with van der Waals surface area (Å²) in [7, 11) is 0. The number of alkyl halides is 2. The Morgan fingerprint density at radius 1 is 0.971 bits per heavy atom. The molecule has 1 fully saturated rings. The SMILES string of the molecule is C=C(C)CCCC1CCC(Cn2nc(-c3ccccc3)c(-c3ccc(C)cc3)c2C(C)(F)F)CC1. The van der Waals surface area contributed by atoms with Crippen molar-refractivity contribution in [2.24, 2.45) is 11.8 Å². The third-order valence-electron chi connectivity index (χ3n) is 7.37. The molecular weight excluding hydrogens is 438 g/mol. The third-order valence-corrected chi connectivity index (χ3v) is 7.37. The Morgan fingerprint density at radius 2 is 1.60 bits per heavy atom. The van der Waals surface area contributed by atoms with E-state index in [4.69, 9.17) is 5.10 Å². The number of aryl methyl sites for hydroxylation is 1. The molecule has 2 nitrogen and oxygen atoms in total. The van der Waals surface area contributed by atoms with Crippen LogP contribution in [0.1, 0.15) is 70.1 Å². The molecule has 3 aromatic rings. The first-order valence-corrected chi connectivity index (χ1v) is 13.0. The lowest BCUT2D eigenvalue weighted by molar-refractivity contribution is 0.00713. The van der Waals surface area contributed by atoms with Crippen LogP contribution in [0.15, 0.2) is 66.7 Å². The molecule has 4 rings (SSSR count). The highest BCUT2D eigenvalue weighted by Gasteiger charge is 2.37. The van der Waals surface area contributed by atoms with Crippen LogP contribution in [0, 0.1) is 18.8 Å². The van der Waals surface area contributed by atoms with Crippen molar-refractivity contribution in [2.45, 2.75) is 78.2 Å². The van der Waals surface area contributed by atoms with Gasteiger partial charge in [-0.05, 0) is 56.9 Å². The van der Waals surface area contributed by atoms with Gasteiger partial charge in [-0.1, -0.05) is 85.0 Å². The summed E-state index contributed by atoms with van der Waals surface area (Å²) in [5.74, 6) is -1.87. The fraction of sp³-hybridized carbons (Fsp3) is 0.452. The first kappa shape index (κ1) is 25.3. The topological polar surface area (TPSA) is 17.8 Å². The Labute approximate surface area is 209 Å². The maximum atomic E-state index is 15.2. The Hall–Kier alpha value is -2.75. The van der Waals surface area contributed by atoms with Gasteiger partial charge in [-0.15, -0.1) is 6.58 Å². The number of aromatic nitrogens is 2. The maximum Gasteiger partial charge on any atom is 0.287 e. The molecule has 1 aromatic heterocycles. The first-order valence-electron chi connectivity index (χ1n) is 13.0. The quantitative estimate of drug-likeness (QED) is 0.281. The van der Waals surface area contributed by atoms with E-state index in [1.165, 1.54) is 31.3 Å². The Morgan fingerprint density at radius 3 is 2.20 bits per heavy atom. The molecule has 1 aliphatic carbocycles. The van der Waals surface area contributed by atoms with Crippen molar-refractivity contribution in [1.29, 1.82) is 0 Å². The van der Waals surface area contributed by atoms with Gasteiger partial charge in [0.2, 0.25) is 0 Å². The highest BCUT2D eigenvalue weighted by molar-refractivity contribution is 5.83. The molecule has 4 heteroatoms. The van der Waals surface area contributed by atoms with E-state index in [9.17, 15) is 0 Å². The second kappa shape index (κ2) is 10.9. The van der Waals surface area contributed by atoms with Crippen LogP contribution in [0.2, 0.25) is 0 Å². The highest BCUT2D eigenvalue weighted by atomic mass is 19.3. The van der Waals surface area contributed by atoms with Gasteiger partial charge in [0.15, 0.2) is 0 Å². The van der Waals surface area contributed by atoms with Gasteiger partial charge < -0.3 is 0 Å². The van der Waals surface area contributed by atoms with Crippen molar-refractivity contribution in [3.63, 3.8) is 0 Å². The lowest BCUT2D eigenvalue weighted by atomic mass is 9.79. The van der Waals surface area contributed by atoms with Crippen molar-refractivity contribution in [3.05, 3.63) is 78.0 Å². The summed E-state index contributed by atoms with van der Waals surface area (Å²) in [6.07, 6.45) is 8.06. The average Bonchev–Trinajstić information content (AvgIpc) is 3.21. The summed E-state index contributed by atoms with van der Waals surface area (Å²) in [6, 6.07) is 17.6. The fourth-order valence-electron chi connectivity index (χ4n) is 5.47. The summed E-state index contributed by atoms with van der Waals surface area (Å²) in [6.45, 7) is 9.66. The molecule has 2 aromatic carbocycles. The van der Waals surface area contributed by atoms with Gasteiger partial charge in [-0.25, -0.2) is 0 Å². The molecule has 0 bridgehead atoms. The van der Waals surface area contributed by atoms with Gasteiger partial charge in [0.25, 0.3) is 5.92 Å². The molecule has 0 N–H and O–H groups in total. The summed E-state index contributed by atoms with van der Waals surface area (Å²) in [4.78, 5) is 0. The van der Waals surface area contributed by atoms with Crippen LogP contribution in [0.4, 0.5) is 8.78 Å². The molecule has 1 aliphatic rings. The highest BCUT2D eigenvalue weighted by Crippen LogP contribution is 2.43. The molecule has 0 unspecified atom stereocenters. The van der Waals surface area contributed by atoms with Crippen molar-refractivity contribution in [3.8, 4) is 22.4 Å². The normalized spacial score (nSPS) is 18.5. The van der Waals surface area contributed by atoms with E-state index in [-0.39, 0.29) is 5.69 Å². The minimum atomic E-state index is -3.00. The standard InChI is InChI=1S/C31H38F2N2/c1-22(2)9-8-10-24-15-17-25(18-16-24)21-35-30(31(4,32)33)28(26-19-13-23(3)14-20-26)29(34-35)27-11-6-5-7-12-27/h5-7,11-14,19-20,24-25H,1,8-10,15-18,21H2,2-4H3. The van der Waals surface area contributed by atoms with Gasteiger partial charge in [0, 0.05) is 24.6 Å². The Balaban J connectivity index is 1.64. The van der Waals surface area contributed by atoms with E-state index in [0.717, 1.165) is 48.8 Å². The largest absolute Gasteiger partial charge is 0.287 e. The van der Waals surface area contributed by atoms with E-state index in [0.29, 0.717) is 23.7 Å². The van der Waals surface area contributed by atoms with Gasteiger partial charge in [0.05, 0.1) is 0 Å². The van der Waals surface area contributed by atoms with E-state index in [1.54, 1.807) is 4.68 Å². The van der Waals surface area contributed by atoms with Crippen LogP contribution in [-0.4, -0.2) is 9.78 Å². The van der Waals surface area contributed by atoms with Crippen molar-refractivity contribution < 1.29 is 8.78 Å². The fourth-order valence-corrected chi connectivity index (χ4v) is 5.47. The zero-order chi connectivity index (χ0) is 25.0. The monoisotopic (exact) mass is 476 g/mol. The molecule has 0 aliphatic heterocycles. The van der Waals surface area contributed by atoms with Crippen LogP contribution in [-0.2, 0) is 12.5 Å². The van der Waals surface area contributed by atoms with Gasteiger partial charge in [-0.3, -0.25) is 4.68 Å². The van der Waals surface area contributed by atoms with Gasteiger partial charge in [0.1, 0.15) is 11.4 Å². The van der Waals surface area contributed by atoms with Gasteiger partial charge in [-0.2, -0.15) is 13.9 Å². The lowest BCUT2D eigenvalue weighted by Gasteiger charge is -2.29. The van der Waals surface area contributed by atoms with Crippen molar-refractivity contribution in [1.82, 2.24) is 9.78 Å². The maximum absolute atomic E-state index is 15.2. The van der Waals surface area contributed by atoms with Crippen LogP contribution in [0.25, 0.3) is 22.4 Å². The average molecular weight is 477 g/mol. The second-order valence-corrected chi connectivity index (χ2v) is 10.6. The van der Waals surface area contributed by atoms with E-state index in [2.05, 4.69) is 13.5 Å². The number of benzene rings is 2. The zero-order valence-corrected chi connectivity index (χ0v) is 21.4. The van der Waals surface area contributed by atoms with E-state index in [1.807, 2.05) is 61.5 Å². The third kappa shape index (κ3) is 6.28. The number of halogens is 2. The molecule has 1 heterocycles. The Bertz CT molecular complexity index is 1120. The summed E-state index contributed by atoms with van der Waals surface area (Å²) in [5, 5.41) is 4.85. The van der Waals surface area contributed by atoms with Crippen LogP contribution in [0.3, 0.4) is 0 Å². The smallest absolute Gasteiger partial charge is 0.262 e. The predicted octanol–water partition coefficient (Wildman–Crippen LogP) is 9.19. The zero-order valence-electron chi connectivity index (χ0n) is 21.4. The molecule has 1 saturated carbocycles. The number of hydrogen-bond acceptors (Lipinski definition) is 1. The first-order chi connectivity index (χ1) is 16.7. The minimum Gasteiger partial charge on any atom is -0.262 e. The summed E-state index contributed by atoms with van der Waals surface area (Å²) >= 11 is 0. The second-order valence-electron chi connectivity index (χ2n) is 10.6. The molecule has 186 valence electrons. The van der Waals surface area contributed by atoms with E-state index >= 15 is 8.78 Å². The predicted molar refractivity (Wildman–Crippen MR) is 142 cm³/mol. The summed E-state index contributed by atoms with van der Waals surface area (Å²) in [5.41, 5.74) is 5.24. The number of allylic oxidation sites excluding steroid dienone is 1. The summed E-state index contributed by atoms with van der Waals surface area (Å²) < 4.78 is 32.1. The molecule has 0 saturated heterocycles. The molecule has 0 radical (unpaired) electrons. The molecule has 0 atom stereocenters. The van der Waals surface area contributed by atoms with Crippen LogP contribution >= 0.6 is 0 Å². The number of hydrogen-bond donors (Lipinski definition) is 0. The Kier molecular flexibility index (Phi) is 7.88. The molecule has 35 heavy (non-hydrogen) atoms. The van der Waals surface area contributed by atoms with Crippen molar-refractivity contribution in [2.75, 3.05) is 0 Å². The van der Waals surface area contributed by atoms with Crippen molar-refractivity contribution >= 4 is 0 Å². The lowest BCUT2D eigenvalue weighted by Crippen LogP contribution is -2.23. The molecule has 0 spiro atoms. The molecule has 0 amide bonds. The van der Waals surface area contributed by atoms with Gasteiger partial charge >= 0.3 is 0 Å². The minimum absolute atomic E-state index is 0.0313. The molecular formula is C31H38F2N2. The number of nitrogens with zero attached hydrogens (tertiary/aromatic N) is 2. The van der Waals surface area contributed by atoms with E-state index < -0.39 is 5.92 Å². The van der Waals surface area contributed by atoms with Crippen LogP contribution in [0.5, 0.6) is 0 Å².